The lowest BCUT2D eigenvalue weighted by Gasteiger charge is -2.11. The van der Waals surface area contributed by atoms with Crippen molar-refractivity contribution < 1.29 is 45.4 Å². The van der Waals surface area contributed by atoms with Crippen molar-refractivity contribution in [1.29, 1.82) is 0 Å². The lowest BCUT2D eigenvalue weighted by molar-refractivity contribution is -0.126. The number of sulfonamides is 1. The van der Waals surface area contributed by atoms with Crippen LogP contribution in [0.4, 0.5) is 18.9 Å². The van der Waals surface area contributed by atoms with Crippen LogP contribution in [0.2, 0.25) is 0 Å². The third-order valence-corrected chi connectivity index (χ3v) is 4.72. The Morgan fingerprint density at radius 2 is 1.72 bits per heavy atom. The second kappa shape index (κ2) is 10.1. The molecule has 10 nitrogen and oxygen atoms in total. The van der Waals surface area contributed by atoms with Gasteiger partial charge in [0.2, 0.25) is 15.9 Å². The summed E-state index contributed by atoms with van der Waals surface area (Å²) in [6.45, 7) is -1.58. The number of methoxy groups -OCH3 is 1. The molecule has 0 atom stereocenters. The highest BCUT2D eigenvalue weighted by atomic mass is 32.2. The number of esters is 1. The second-order valence-corrected chi connectivity index (χ2v) is 7.59. The van der Waals surface area contributed by atoms with E-state index in [1.807, 2.05) is 5.32 Å². The number of amides is 2. The number of ether oxygens (including phenoxy) is 2. The molecule has 0 bridgehead atoms. The number of primary sulfonamides is 1. The summed E-state index contributed by atoms with van der Waals surface area (Å²) in [6, 6.07) is 4.56. The monoisotopic (exact) mass is 475 g/mol. The zero-order chi connectivity index (χ0) is 24.1. The summed E-state index contributed by atoms with van der Waals surface area (Å²) in [5.74, 6) is -7.92. The quantitative estimate of drug-likeness (QED) is 0.375. The van der Waals surface area contributed by atoms with Crippen molar-refractivity contribution in [2.75, 3.05) is 25.6 Å². The Morgan fingerprint density at radius 1 is 1.03 bits per heavy atom. The minimum Gasteiger partial charge on any atom is -0.496 e. The molecule has 0 fully saturated rings. The Kier molecular flexibility index (Phi) is 7.77. The SMILES string of the molecule is COc1ccc(S(N)(=O)=O)cc1C(=O)OCC(=O)NCC(=O)Nc1ccc(F)c(F)c1F. The maximum Gasteiger partial charge on any atom is 0.342 e. The summed E-state index contributed by atoms with van der Waals surface area (Å²) in [5.41, 5.74) is -0.963. The molecule has 2 aromatic rings. The van der Waals surface area contributed by atoms with E-state index in [2.05, 4.69) is 5.32 Å². The van der Waals surface area contributed by atoms with Crippen LogP contribution in [0.25, 0.3) is 0 Å². The molecule has 2 rings (SSSR count). The normalized spacial score (nSPS) is 10.9. The predicted molar refractivity (Wildman–Crippen MR) is 103 cm³/mol. The van der Waals surface area contributed by atoms with Crippen molar-refractivity contribution in [3.63, 3.8) is 0 Å². The first-order valence-electron chi connectivity index (χ1n) is 8.52. The number of hydrogen-bond donors (Lipinski definition) is 3. The van der Waals surface area contributed by atoms with Crippen molar-refractivity contribution in [3.05, 3.63) is 53.3 Å². The van der Waals surface area contributed by atoms with Gasteiger partial charge in [0, 0.05) is 0 Å². The first-order chi connectivity index (χ1) is 14.9. The number of nitrogens with two attached hydrogens (primary N) is 1. The molecule has 0 radical (unpaired) electrons. The van der Waals surface area contributed by atoms with Gasteiger partial charge in [0.05, 0.1) is 24.2 Å². The maximum atomic E-state index is 13.5. The minimum absolute atomic E-state index is 0.0456. The van der Waals surface area contributed by atoms with Crippen molar-refractivity contribution in [2.24, 2.45) is 5.14 Å². The topological polar surface area (TPSA) is 154 Å². The average molecular weight is 475 g/mol. The van der Waals surface area contributed by atoms with Crippen LogP contribution in [0.1, 0.15) is 10.4 Å². The van der Waals surface area contributed by atoms with E-state index < -0.39 is 69.0 Å². The first-order valence-corrected chi connectivity index (χ1v) is 10.1. The van der Waals surface area contributed by atoms with Gasteiger partial charge < -0.3 is 20.1 Å². The first kappa shape index (κ1) is 24.6. The predicted octanol–water partition coefficient (Wildman–Crippen LogP) is 0.672. The Hall–Kier alpha value is -3.65. The van der Waals surface area contributed by atoms with E-state index in [-0.39, 0.29) is 11.3 Å². The zero-order valence-electron chi connectivity index (χ0n) is 16.3. The highest BCUT2D eigenvalue weighted by Gasteiger charge is 2.20. The van der Waals surface area contributed by atoms with Crippen molar-refractivity contribution in [1.82, 2.24) is 5.32 Å². The van der Waals surface area contributed by atoms with Crippen LogP contribution in [-0.2, 0) is 24.3 Å². The zero-order valence-corrected chi connectivity index (χ0v) is 17.1. The van der Waals surface area contributed by atoms with Gasteiger partial charge in [-0.3, -0.25) is 9.59 Å². The molecular weight excluding hydrogens is 459 g/mol. The number of nitrogens with one attached hydrogen (secondary N) is 2. The molecular formula is C18H16F3N3O7S. The largest absolute Gasteiger partial charge is 0.496 e. The number of carbonyl (C=O) groups is 3. The van der Waals surface area contributed by atoms with Crippen LogP contribution >= 0.6 is 0 Å². The molecule has 172 valence electrons. The van der Waals surface area contributed by atoms with Crippen LogP contribution < -0.4 is 20.5 Å². The van der Waals surface area contributed by atoms with Gasteiger partial charge in [-0.2, -0.15) is 0 Å². The Bertz CT molecular complexity index is 1170. The third kappa shape index (κ3) is 6.18. The van der Waals surface area contributed by atoms with Gasteiger partial charge in [-0.15, -0.1) is 0 Å². The van der Waals surface area contributed by atoms with Crippen molar-refractivity contribution >= 4 is 33.5 Å². The molecule has 0 spiro atoms. The van der Waals surface area contributed by atoms with E-state index in [0.717, 1.165) is 24.3 Å². The molecule has 14 heteroatoms. The van der Waals surface area contributed by atoms with Gasteiger partial charge in [0.15, 0.2) is 24.1 Å². The molecule has 0 aliphatic carbocycles. The van der Waals surface area contributed by atoms with Gasteiger partial charge in [-0.05, 0) is 30.3 Å². The number of hydrogen-bond acceptors (Lipinski definition) is 7. The second-order valence-electron chi connectivity index (χ2n) is 6.03. The summed E-state index contributed by atoms with van der Waals surface area (Å²) in [5, 5.41) is 8.99. The summed E-state index contributed by atoms with van der Waals surface area (Å²) in [4.78, 5) is 35.3. The summed E-state index contributed by atoms with van der Waals surface area (Å²) < 4.78 is 72.1. The summed E-state index contributed by atoms with van der Waals surface area (Å²) >= 11 is 0. The highest BCUT2D eigenvalue weighted by Crippen LogP contribution is 2.23. The fraction of sp³-hybridized carbons (Fsp3) is 0.167. The smallest absolute Gasteiger partial charge is 0.342 e. The lowest BCUT2D eigenvalue weighted by Crippen LogP contribution is -2.35. The number of halogens is 3. The van der Waals surface area contributed by atoms with Gasteiger partial charge >= 0.3 is 5.97 Å². The van der Waals surface area contributed by atoms with E-state index >= 15 is 0 Å². The lowest BCUT2D eigenvalue weighted by atomic mass is 10.2. The standard InChI is InChI=1S/C18H16F3N3O7S/c1-30-13-5-2-9(32(22,28)29)6-10(13)18(27)31-8-15(26)23-7-14(25)24-12-4-3-11(19)16(20)17(12)21/h2-6H,7-8H2,1H3,(H,23,26)(H,24,25)(H2,22,28,29). The van der Waals surface area contributed by atoms with E-state index in [4.69, 9.17) is 14.6 Å². The fourth-order valence-electron chi connectivity index (χ4n) is 2.28. The van der Waals surface area contributed by atoms with E-state index in [1.165, 1.54) is 7.11 Å². The average Bonchev–Trinajstić information content (AvgIpc) is 2.75. The third-order valence-electron chi connectivity index (χ3n) is 3.81. The van der Waals surface area contributed by atoms with E-state index in [1.54, 1.807) is 0 Å². The van der Waals surface area contributed by atoms with Crippen LogP contribution in [0.15, 0.2) is 35.2 Å². The highest BCUT2D eigenvalue weighted by molar-refractivity contribution is 7.89. The summed E-state index contributed by atoms with van der Waals surface area (Å²) in [6.07, 6.45) is 0. The van der Waals surface area contributed by atoms with Gasteiger partial charge in [0.25, 0.3) is 5.91 Å². The Morgan fingerprint density at radius 3 is 2.34 bits per heavy atom. The van der Waals surface area contributed by atoms with Crippen LogP contribution in [0, 0.1) is 17.5 Å². The molecule has 2 aromatic carbocycles. The van der Waals surface area contributed by atoms with Crippen LogP contribution in [0.5, 0.6) is 5.75 Å². The number of carbonyl (C=O) groups excluding carboxylic acids is 3. The Balaban J connectivity index is 1.92. The number of anilines is 1. The van der Waals surface area contributed by atoms with E-state index in [0.29, 0.717) is 6.07 Å². The van der Waals surface area contributed by atoms with Gasteiger partial charge in [0.1, 0.15) is 11.3 Å². The van der Waals surface area contributed by atoms with Crippen LogP contribution in [0.3, 0.4) is 0 Å². The van der Waals surface area contributed by atoms with Gasteiger partial charge in [-0.1, -0.05) is 0 Å². The Labute approximate surface area is 179 Å². The number of rotatable bonds is 8. The minimum atomic E-state index is -4.13. The van der Waals surface area contributed by atoms with Crippen molar-refractivity contribution in [3.8, 4) is 5.75 Å². The van der Waals surface area contributed by atoms with Gasteiger partial charge in [-0.25, -0.2) is 31.5 Å². The molecule has 32 heavy (non-hydrogen) atoms. The van der Waals surface area contributed by atoms with Crippen molar-refractivity contribution in [2.45, 2.75) is 4.90 Å². The molecule has 0 heterocycles. The molecule has 4 N–H and O–H groups in total. The fourth-order valence-corrected chi connectivity index (χ4v) is 2.82. The molecule has 0 saturated heterocycles. The molecule has 2 amide bonds. The summed E-state index contributed by atoms with van der Waals surface area (Å²) in [7, 11) is -2.91. The molecule has 0 aliphatic heterocycles. The molecule has 0 saturated carbocycles. The molecule has 0 unspecified atom stereocenters. The maximum absolute atomic E-state index is 13.5. The van der Waals surface area contributed by atoms with E-state index in [9.17, 15) is 36.0 Å². The number of benzene rings is 2. The molecule has 0 aliphatic rings. The molecule has 0 aromatic heterocycles. The van der Waals surface area contributed by atoms with Crippen LogP contribution in [-0.4, -0.2) is 46.5 Å².